The second-order valence-electron chi connectivity index (χ2n) is 6.80. The van der Waals surface area contributed by atoms with Gasteiger partial charge in [-0.1, -0.05) is 17.7 Å². The lowest BCUT2D eigenvalue weighted by atomic mass is 9.86. The van der Waals surface area contributed by atoms with Crippen molar-refractivity contribution < 1.29 is 19.4 Å². The molecule has 2 N–H and O–H groups in total. The van der Waals surface area contributed by atoms with Crippen molar-refractivity contribution in [3.63, 3.8) is 0 Å². The van der Waals surface area contributed by atoms with Crippen LogP contribution in [-0.4, -0.2) is 22.8 Å². The molecule has 0 atom stereocenters. The number of carbonyl (C=O) groups excluding carboxylic acids is 1. The summed E-state index contributed by atoms with van der Waals surface area (Å²) in [6, 6.07) is 4.96. The number of rotatable bonds is 4. The van der Waals surface area contributed by atoms with Crippen molar-refractivity contribution in [2.24, 2.45) is 5.41 Å². The van der Waals surface area contributed by atoms with E-state index in [-0.39, 0.29) is 0 Å². The highest BCUT2D eigenvalue weighted by Gasteiger charge is 2.28. The molecule has 0 fully saturated rings. The number of amides is 1. The summed E-state index contributed by atoms with van der Waals surface area (Å²) in [4.78, 5) is 22.9. The summed E-state index contributed by atoms with van der Waals surface area (Å²) in [5.74, 6) is -0.889. The van der Waals surface area contributed by atoms with E-state index in [9.17, 15) is 9.59 Å². The Morgan fingerprint density at radius 2 is 1.82 bits per heavy atom. The van der Waals surface area contributed by atoms with Gasteiger partial charge >= 0.3 is 12.1 Å². The lowest BCUT2D eigenvalue weighted by Crippen LogP contribution is -2.27. The van der Waals surface area contributed by atoms with Crippen LogP contribution in [0.5, 0.6) is 0 Å². The van der Waals surface area contributed by atoms with Crippen LogP contribution in [0.2, 0.25) is 5.02 Å². The van der Waals surface area contributed by atoms with Gasteiger partial charge in [-0.05, 0) is 58.7 Å². The molecule has 1 aromatic rings. The number of hydrogen-bond donors (Lipinski definition) is 2. The molecule has 1 aromatic carbocycles. The largest absolute Gasteiger partial charge is 0.481 e. The van der Waals surface area contributed by atoms with Gasteiger partial charge in [-0.15, -0.1) is 0 Å². The van der Waals surface area contributed by atoms with E-state index in [1.165, 1.54) is 0 Å². The van der Waals surface area contributed by atoms with E-state index >= 15 is 0 Å². The Kier molecular flexibility index (Phi) is 5.46. The number of anilines is 1. The van der Waals surface area contributed by atoms with E-state index in [1.807, 2.05) is 0 Å². The molecule has 5 nitrogen and oxygen atoms in total. The minimum absolute atomic E-state index is 0.299. The third-order valence-electron chi connectivity index (χ3n) is 2.91. The van der Waals surface area contributed by atoms with Crippen molar-refractivity contribution in [2.45, 2.75) is 46.6 Å². The Hall–Kier alpha value is -1.75. The molecule has 0 spiro atoms. The zero-order chi connectivity index (χ0) is 17.1. The average Bonchev–Trinajstić information content (AvgIpc) is 2.29. The van der Waals surface area contributed by atoms with Gasteiger partial charge in [0, 0.05) is 10.7 Å². The molecule has 0 saturated carbocycles. The fourth-order valence-corrected chi connectivity index (χ4v) is 1.99. The molecule has 0 heterocycles. The van der Waals surface area contributed by atoms with Crippen LogP contribution in [0.25, 0.3) is 0 Å². The first kappa shape index (κ1) is 18.3. The molecule has 0 aliphatic heterocycles. The van der Waals surface area contributed by atoms with Gasteiger partial charge in [-0.2, -0.15) is 0 Å². The lowest BCUT2D eigenvalue weighted by molar-refractivity contribution is -0.146. The van der Waals surface area contributed by atoms with Gasteiger partial charge in [0.15, 0.2) is 0 Å². The molecule has 22 heavy (non-hydrogen) atoms. The highest BCUT2D eigenvalue weighted by Crippen LogP contribution is 2.29. The quantitative estimate of drug-likeness (QED) is 0.862. The Balaban J connectivity index is 2.82. The number of carboxylic acids is 1. The predicted octanol–water partition coefficient (Wildman–Crippen LogP) is 4.34. The minimum Gasteiger partial charge on any atom is -0.481 e. The molecule has 1 rings (SSSR count). The summed E-state index contributed by atoms with van der Waals surface area (Å²) in [6.07, 6.45) is -0.268. The maximum atomic E-state index is 11.7. The predicted molar refractivity (Wildman–Crippen MR) is 86.4 cm³/mol. The number of carbonyl (C=O) groups is 2. The molecule has 0 aromatic heterocycles. The Labute approximate surface area is 135 Å². The van der Waals surface area contributed by atoms with Gasteiger partial charge in [0.1, 0.15) is 5.60 Å². The topological polar surface area (TPSA) is 75.6 Å². The molecular weight excluding hydrogens is 306 g/mol. The van der Waals surface area contributed by atoms with Crippen molar-refractivity contribution in [2.75, 3.05) is 5.32 Å². The molecule has 0 unspecified atom stereocenters. The van der Waals surface area contributed by atoms with Gasteiger partial charge in [-0.25, -0.2) is 4.79 Å². The maximum absolute atomic E-state index is 11.7. The van der Waals surface area contributed by atoms with Crippen LogP contribution < -0.4 is 5.32 Å². The molecule has 6 heteroatoms. The van der Waals surface area contributed by atoms with Gasteiger partial charge in [0.2, 0.25) is 0 Å². The van der Waals surface area contributed by atoms with Crippen molar-refractivity contribution in [3.8, 4) is 0 Å². The molecule has 0 bridgehead atoms. The zero-order valence-corrected chi connectivity index (χ0v) is 14.2. The van der Waals surface area contributed by atoms with Crippen molar-refractivity contribution >= 4 is 29.4 Å². The Bertz CT molecular complexity index is 576. The third kappa shape index (κ3) is 5.56. The van der Waals surface area contributed by atoms with Crippen molar-refractivity contribution in [1.29, 1.82) is 0 Å². The van der Waals surface area contributed by atoms with Gasteiger partial charge in [0.05, 0.1) is 5.41 Å². The number of aliphatic carboxylic acids is 1. The zero-order valence-electron chi connectivity index (χ0n) is 13.5. The molecule has 0 aliphatic carbocycles. The van der Waals surface area contributed by atoms with E-state index in [0.717, 1.165) is 0 Å². The fourth-order valence-electron chi connectivity index (χ4n) is 1.74. The van der Waals surface area contributed by atoms with Crippen LogP contribution in [0.15, 0.2) is 18.2 Å². The summed E-state index contributed by atoms with van der Waals surface area (Å²) in [5.41, 5.74) is -0.289. The van der Waals surface area contributed by atoms with Crippen LogP contribution in [0.1, 0.15) is 40.2 Å². The number of halogens is 1. The van der Waals surface area contributed by atoms with E-state index < -0.39 is 23.1 Å². The van der Waals surface area contributed by atoms with Gasteiger partial charge < -0.3 is 9.84 Å². The molecule has 0 aliphatic rings. The number of carboxylic acid groups (broad SMARTS) is 1. The van der Waals surface area contributed by atoms with Crippen molar-refractivity contribution in [1.82, 2.24) is 0 Å². The minimum atomic E-state index is -0.913. The smallest absolute Gasteiger partial charge is 0.412 e. The summed E-state index contributed by atoms with van der Waals surface area (Å²) < 4.78 is 5.15. The first-order chi connectivity index (χ1) is 9.90. The number of benzene rings is 1. The van der Waals surface area contributed by atoms with Gasteiger partial charge in [0.25, 0.3) is 0 Å². The SMILES string of the molecule is CC(C)(C)OC(=O)Nc1ccc(CC(C)(C)C(=O)O)c(Cl)c1. The Morgan fingerprint density at radius 1 is 1.23 bits per heavy atom. The second-order valence-corrected chi connectivity index (χ2v) is 7.21. The van der Waals surface area contributed by atoms with E-state index in [0.29, 0.717) is 22.7 Å². The van der Waals surface area contributed by atoms with Gasteiger partial charge in [-0.3, -0.25) is 10.1 Å². The average molecular weight is 328 g/mol. The third-order valence-corrected chi connectivity index (χ3v) is 3.26. The lowest BCUT2D eigenvalue weighted by Gasteiger charge is -2.21. The van der Waals surface area contributed by atoms with E-state index in [4.69, 9.17) is 21.4 Å². The monoisotopic (exact) mass is 327 g/mol. The summed E-state index contributed by atoms with van der Waals surface area (Å²) >= 11 is 6.17. The van der Waals surface area contributed by atoms with Crippen LogP contribution in [0, 0.1) is 5.41 Å². The molecule has 1 amide bonds. The molecule has 0 radical (unpaired) electrons. The second kappa shape index (κ2) is 6.57. The molecular formula is C16H22ClNO4. The van der Waals surface area contributed by atoms with Crippen LogP contribution in [0.4, 0.5) is 10.5 Å². The number of ether oxygens (including phenoxy) is 1. The fraction of sp³-hybridized carbons (Fsp3) is 0.500. The molecule has 0 saturated heterocycles. The van der Waals surface area contributed by atoms with Crippen LogP contribution in [0.3, 0.4) is 0 Å². The first-order valence-corrected chi connectivity index (χ1v) is 7.30. The standard InChI is InChI=1S/C16H22ClNO4/c1-15(2,3)22-14(21)18-11-7-6-10(12(17)8-11)9-16(4,5)13(19)20/h6-8H,9H2,1-5H3,(H,18,21)(H,19,20). The Morgan fingerprint density at radius 3 is 2.27 bits per heavy atom. The summed E-state index contributed by atoms with van der Waals surface area (Å²) in [5, 5.41) is 12.2. The van der Waals surface area contributed by atoms with Crippen LogP contribution >= 0.6 is 11.6 Å². The van der Waals surface area contributed by atoms with Crippen molar-refractivity contribution in [3.05, 3.63) is 28.8 Å². The summed E-state index contributed by atoms with van der Waals surface area (Å²) in [7, 11) is 0. The number of nitrogens with one attached hydrogen (secondary N) is 1. The summed E-state index contributed by atoms with van der Waals surface area (Å²) in [6.45, 7) is 8.60. The van der Waals surface area contributed by atoms with E-state index in [1.54, 1.807) is 52.8 Å². The number of hydrogen-bond acceptors (Lipinski definition) is 3. The first-order valence-electron chi connectivity index (χ1n) is 6.92. The molecule has 122 valence electrons. The van der Waals surface area contributed by atoms with E-state index in [2.05, 4.69) is 5.32 Å². The maximum Gasteiger partial charge on any atom is 0.412 e. The highest BCUT2D eigenvalue weighted by molar-refractivity contribution is 6.31. The highest BCUT2D eigenvalue weighted by atomic mass is 35.5. The van der Waals surface area contributed by atoms with Crippen LogP contribution in [-0.2, 0) is 16.0 Å². The normalized spacial score (nSPS) is 11.9.